The molecule has 2 aromatic heterocycles. The number of nitrogens with zero attached hydrogens (tertiary/aromatic N) is 3. The Kier molecular flexibility index (Phi) is 7.37. The van der Waals surface area contributed by atoms with Crippen LogP contribution >= 0.6 is 22.7 Å². The van der Waals surface area contributed by atoms with Gasteiger partial charge in [-0.05, 0) is 107 Å². The molecule has 0 bridgehead atoms. The Bertz CT molecular complexity index is 3190. The van der Waals surface area contributed by atoms with Gasteiger partial charge in [-0.3, -0.25) is 0 Å². The fourth-order valence-corrected chi connectivity index (χ4v) is 14.3. The van der Waals surface area contributed by atoms with Crippen molar-refractivity contribution in [2.24, 2.45) is 0 Å². The normalized spacial score (nSPS) is 19.9. The van der Waals surface area contributed by atoms with E-state index in [1.165, 1.54) is 117 Å². The number of thiophene rings is 2. The summed E-state index contributed by atoms with van der Waals surface area (Å²) in [7, 11) is 0. The minimum absolute atomic E-state index is 0.0374. The predicted octanol–water partition coefficient (Wildman–Crippen LogP) is 13.6. The first-order chi connectivity index (χ1) is 29.5. The van der Waals surface area contributed by atoms with Crippen molar-refractivity contribution >= 4 is 110 Å². The fraction of sp³-hybridized carbons (Fsp3) is 0.148. The average Bonchev–Trinajstić information content (AvgIpc) is 3.93. The average molecular weight is 808 g/mol. The maximum absolute atomic E-state index is 2.77. The van der Waals surface area contributed by atoms with E-state index >= 15 is 0 Å². The molecule has 6 heteroatoms. The molecule has 0 spiro atoms. The van der Waals surface area contributed by atoms with Crippen molar-refractivity contribution in [1.29, 1.82) is 0 Å². The van der Waals surface area contributed by atoms with Crippen molar-refractivity contribution in [3.63, 3.8) is 0 Å². The Morgan fingerprint density at radius 2 is 1.13 bits per heavy atom. The summed E-state index contributed by atoms with van der Waals surface area (Å²) in [6.07, 6.45) is 4.85. The van der Waals surface area contributed by atoms with Crippen LogP contribution in [0.1, 0.15) is 45.1 Å². The molecule has 3 aliphatic heterocycles. The number of para-hydroxylation sites is 2. The van der Waals surface area contributed by atoms with Gasteiger partial charge in [0.25, 0.3) is 6.71 Å². The van der Waals surface area contributed by atoms with E-state index in [9.17, 15) is 0 Å². The maximum Gasteiger partial charge on any atom is 0.266 e. The Hall–Kier alpha value is -6.08. The molecule has 4 aliphatic rings. The van der Waals surface area contributed by atoms with Gasteiger partial charge in [-0.1, -0.05) is 135 Å². The molecule has 2 atom stereocenters. The van der Waals surface area contributed by atoms with Crippen LogP contribution in [-0.2, 0) is 5.41 Å². The van der Waals surface area contributed by atoms with Crippen LogP contribution in [0, 0.1) is 0 Å². The van der Waals surface area contributed by atoms with Gasteiger partial charge in [0, 0.05) is 59.1 Å². The monoisotopic (exact) mass is 807 g/mol. The first-order valence-corrected chi connectivity index (χ1v) is 23.1. The molecule has 0 amide bonds. The number of hydrogen-bond acceptors (Lipinski definition) is 5. The van der Waals surface area contributed by atoms with E-state index in [0.717, 1.165) is 6.42 Å². The first kappa shape index (κ1) is 34.8. The van der Waals surface area contributed by atoms with Gasteiger partial charge in [0.2, 0.25) is 0 Å². The van der Waals surface area contributed by atoms with Crippen LogP contribution in [0.2, 0.25) is 0 Å². The first-order valence-electron chi connectivity index (χ1n) is 21.4. The zero-order valence-corrected chi connectivity index (χ0v) is 35.4. The zero-order valence-electron chi connectivity index (χ0n) is 33.7. The largest absolute Gasteiger partial charge is 0.334 e. The summed E-state index contributed by atoms with van der Waals surface area (Å²) in [5, 5.41) is 3.98. The van der Waals surface area contributed by atoms with Gasteiger partial charge < -0.3 is 14.7 Å². The molecular weight excluding hydrogens is 766 g/mol. The molecule has 3 nitrogen and oxygen atoms in total. The van der Waals surface area contributed by atoms with Crippen molar-refractivity contribution in [2.75, 3.05) is 14.7 Å². The highest BCUT2D eigenvalue weighted by Gasteiger charge is 2.58. The van der Waals surface area contributed by atoms with Gasteiger partial charge in [-0.2, -0.15) is 0 Å². The molecule has 0 saturated heterocycles. The van der Waals surface area contributed by atoms with E-state index in [4.69, 9.17) is 0 Å². The second-order valence-electron chi connectivity index (χ2n) is 17.5. The summed E-state index contributed by atoms with van der Waals surface area (Å²) in [5.41, 5.74) is 15.5. The summed E-state index contributed by atoms with van der Waals surface area (Å²) in [6, 6.07) is 63.9. The van der Waals surface area contributed by atoms with Gasteiger partial charge >= 0.3 is 0 Å². The quantitative estimate of drug-likeness (QED) is 0.164. The minimum atomic E-state index is -0.0860. The molecular formula is C54H42BN3S2. The van der Waals surface area contributed by atoms with E-state index in [0.29, 0.717) is 0 Å². The summed E-state index contributed by atoms with van der Waals surface area (Å²) in [4.78, 5) is 8.03. The lowest BCUT2D eigenvalue weighted by atomic mass is 9.36. The number of hydrogen-bond donors (Lipinski definition) is 0. The fourth-order valence-electron chi connectivity index (χ4n) is 11.7. The highest BCUT2D eigenvalue weighted by Crippen LogP contribution is 2.62. The number of rotatable bonds is 4. The van der Waals surface area contributed by atoms with Gasteiger partial charge in [-0.15, -0.1) is 22.7 Å². The third kappa shape index (κ3) is 4.61. The number of fused-ring (bicyclic) bond motifs is 11. The molecule has 0 N–H and O–H groups in total. The Labute approximate surface area is 359 Å². The van der Waals surface area contributed by atoms with Crippen LogP contribution in [0.15, 0.2) is 170 Å². The summed E-state index contributed by atoms with van der Waals surface area (Å²) >= 11 is 3.92. The smallest absolute Gasteiger partial charge is 0.266 e. The molecule has 2 unspecified atom stereocenters. The molecule has 7 aromatic carbocycles. The molecule has 60 heavy (non-hydrogen) atoms. The van der Waals surface area contributed by atoms with Crippen molar-refractivity contribution in [1.82, 2.24) is 0 Å². The summed E-state index contributed by atoms with van der Waals surface area (Å²) < 4.78 is 4.08. The lowest BCUT2D eigenvalue weighted by Gasteiger charge is -2.51. The van der Waals surface area contributed by atoms with E-state index in [-0.39, 0.29) is 17.7 Å². The Balaban J connectivity index is 1.17. The van der Waals surface area contributed by atoms with Crippen molar-refractivity contribution < 1.29 is 0 Å². The second-order valence-corrected chi connectivity index (χ2v) is 19.7. The SMILES string of the molecule is CC12CCCCC1(C)N(c1cc3c4c(c1)N(c1ccccc1)c1c(sc5ccccc15)B4c1c(sc4ccccc14)N3c1cccc(-c3ccccc3)c1)c1ccccc12. The molecule has 288 valence electrons. The highest BCUT2D eigenvalue weighted by molar-refractivity contribution is 7.35. The van der Waals surface area contributed by atoms with Gasteiger partial charge in [0.05, 0.1) is 16.2 Å². The van der Waals surface area contributed by atoms with Crippen LogP contribution in [0.5, 0.6) is 0 Å². The third-order valence-electron chi connectivity index (χ3n) is 14.6. The summed E-state index contributed by atoms with van der Waals surface area (Å²) in [5.74, 6) is 0. The third-order valence-corrected chi connectivity index (χ3v) is 17.0. The van der Waals surface area contributed by atoms with Crippen LogP contribution in [0.3, 0.4) is 0 Å². The van der Waals surface area contributed by atoms with Gasteiger partial charge in [0.15, 0.2) is 0 Å². The highest BCUT2D eigenvalue weighted by atomic mass is 32.1. The topological polar surface area (TPSA) is 9.72 Å². The van der Waals surface area contributed by atoms with Gasteiger partial charge in [0.1, 0.15) is 0 Å². The van der Waals surface area contributed by atoms with Crippen molar-refractivity contribution in [3.05, 3.63) is 175 Å². The predicted molar refractivity (Wildman–Crippen MR) is 259 cm³/mol. The van der Waals surface area contributed by atoms with E-state index in [2.05, 4.69) is 198 Å². The zero-order chi connectivity index (χ0) is 39.7. The maximum atomic E-state index is 2.77. The second kappa shape index (κ2) is 12.7. The van der Waals surface area contributed by atoms with Crippen LogP contribution in [0.4, 0.5) is 44.8 Å². The lowest BCUT2D eigenvalue weighted by molar-refractivity contribution is 0.195. The van der Waals surface area contributed by atoms with Gasteiger partial charge in [-0.25, -0.2) is 0 Å². The van der Waals surface area contributed by atoms with E-state index in [1.54, 1.807) is 0 Å². The molecule has 5 heterocycles. The molecule has 1 aliphatic carbocycles. The molecule has 0 radical (unpaired) electrons. The van der Waals surface area contributed by atoms with Crippen molar-refractivity contribution in [3.8, 4) is 11.1 Å². The lowest BCUT2D eigenvalue weighted by Crippen LogP contribution is -2.60. The molecule has 1 fully saturated rings. The summed E-state index contributed by atoms with van der Waals surface area (Å²) in [6.45, 7) is 5.18. The Morgan fingerprint density at radius 1 is 0.500 bits per heavy atom. The van der Waals surface area contributed by atoms with Crippen LogP contribution < -0.4 is 30.4 Å². The van der Waals surface area contributed by atoms with E-state index < -0.39 is 0 Å². The molecule has 1 saturated carbocycles. The van der Waals surface area contributed by atoms with Crippen molar-refractivity contribution in [2.45, 2.75) is 50.5 Å². The van der Waals surface area contributed by atoms with Crippen LogP contribution in [0.25, 0.3) is 31.3 Å². The minimum Gasteiger partial charge on any atom is -0.334 e. The molecule has 9 aromatic rings. The van der Waals surface area contributed by atoms with E-state index in [1.807, 2.05) is 22.7 Å². The van der Waals surface area contributed by atoms with Crippen LogP contribution in [-0.4, -0.2) is 12.3 Å². The Morgan fingerprint density at radius 3 is 1.95 bits per heavy atom. The number of anilines is 8. The number of benzene rings is 7. The standard InChI is InChI=1S/C54H42BN3S2/c1-53-30-15-16-31-54(53,2)58(43-27-12-11-26-42(43)53)39-33-44-49-45(34-39)57(38-23-17-20-36(32-38)35-18-5-3-6-19-35)52-48(40-24-9-13-28-46(40)60-52)55(49)51-50(41-25-10-14-29-47(41)59-51)56(44)37-21-7-4-8-22-37/h3-14,17-29,32-34H,15-16,30-31H2,1-2H3. The molecule has 13 rings (SSSR count).